The lowest BCUT2D eigenvalue weighted by atomic mass is 9.83. The summed E-state index contributed by atoms with van der Waals surface area (Å²) < 4.78 is 16.6. The summed E-state index contributed by atoms with van der Waals surface area (Å²) in [6.45, 7) is 7.22. The van der Waals surface area contributed by atoms with E-state index in [-0.39, 0.29) is 53.9 Å². The first-order chi connectivity index (χ1) is 24.1. The molecule has 0 radical (unpaired) electrons. The van der Waals surface area contributed by atoms with E-state index in [1.165, 1.54) is 42.5 Å². The van der Waals surface area contributed by atoms with E-state index in [2.05, 4.69) is 5.32 Å². The molecule has 3 aromatic carbocycles. The Bertz CT molecular complexity index is 1810. The zero-order valence-electron chi connectivity index (χ0n) is 28.9. The molecule has 0 aliphatic heterocycles. The minimum atomic E-state index is -0.982. The van der Waals surface area contributed by atoms with E-state index in [9.17, 15) is 39.3 Å². The SMILES string of the molecule is CCCCOC(=O)c1cccc(O)c1C(=O)c1c(O)cc(C(=O)O[C@H]2CC[C@@H](C(=O)OC(C)(C)C)C[C@@H]2NC(=O)c2ccc(O)cc2)cc1C=N. The van der Waals surface area contributed by atoms with E-state index in [1.807, 2.05) is 6.92 Å². The number of phenolic OH excluding ortho intramolecular Hbond substituents is 3. The van der Waals surface area contributed by atoms with Crippen molar-refractivity contribution >= 4 is 35.8 Å². The highest BCUT2D eigenvalue weighted by Gasteiger charge is 2.39. The molecule has 0 heterocycles. The van der Waals surface area contributed by atoms with Gasteiger partial charge in [-0.1, -0.05) is 19.4 Å². The van der Waals surface area contributed by atoms with Crippen LogP contribution in [0.25, 0.3) is 0 Å². The zero-order chi connectivity index (χ0) is 37.5. The molecule has 270 valence electrons. The largest absolute Gasteiger partial charge is 0.508 e. The Labute approximate surface area is 295 Å². The average Bonchev–Trinajstić information content (AvgIpc) is 3.07. The third kappa shape index (κ3) is 9.50. The molecule has 13 heteroatoms. The standard InChI is InChI=1S/C38H42N2O11/c1-5-6-16-49-37(48)26-8-7-9-28(42)32(26)33(44)31-24(20-39)17-23(19-29(31)43)35(46)50-30-15-12-22(36(47)51-38(2,3)4)18-27(30)40-34(45)21-10-13-25(41)14-11-21/h7-11,13-14,17,19-20,22,27,30,39,41-43H,5-6,12,15-16,18H2,1-4H3,(H,40,45)/t22-,27+,30+/m1/s1. The summed E-state index contributed by atoms with van der Waals surface area (Å²) in [4.78, 5) is 66.1. The summed E-state index contributed by atoms with van der Waals surface area (Å²) >= 11 is 0. The minimum absolute atomic E-state index is 0.0350. The fourth-order valence-electron chi connectivity index (χ4n) is 5.69. The van der Waals surface area contributed by atoms with E-state index in [0.29, 0.717) is 6.42 Å². The second-order valence-electron chi connectivity index (χ2n) is 13.2. The van der Waals surface area contributed by atoms with Crippen LogP contribution in [0.2, 0.25) is 0 Å². The number of carbonyl (C=O) groups excluding carboxylic acids is 5. The van der Waals surface area contributed by atoms with Crippen LogP contribution < -0.4 is 5.32 Å². The maximum absolute atomic E-state index is 13.7. The number of unbranched alkanes of at least 4 members (excludes halogenated alkanes) is 1. The van der Waals surface area contributed by atoms with E-state index < -0.39 is 75.9 Å². The Morgan fingerprint density at radius 2 is 1.61 bits per heavy atom. The molecule has 1 fully saturated rings. The van der Waals surface area contributed by atoms with Gasteiger partial charge in [-0.25, -0.2) is 9.59 Å². The number of ketones is 1. The lowest BCUT2D eigenvalue weighted by Crippen LogP contribution is -2.50. The van der Waals surface area contributed by atoms with Crippen molar-refractivity contribution in [1.82, 2.24) is 5.32 Å². The highest BCUT2D eigenvalue weighted by atomic mass is 16.6. The van der Waals surface area contributed by atoms with Gasteiger partial charge < -0.3 is 40.3 Å². The van der Waals surface area contributed by atoms with Gasteiger partial charge in [-0.15, -0.1) is 0 Å². The van der Waals surface area contributed by atoms with Crippen LogP contribution in [0, 0.1) is 11.3 Å². The summed E-state index contributed by atoms with van der Waals surface area (Å²) in [6.07, 6.45) is 1.69. The fourth-order valence-corrected chi connectivity index (χ4v) is 5.69. The van der Waals surface area contributed by atoms with Gasteiger partial charge in [-0.2, -0.15) is 0 Å². The third-order valence-corrected chi connectivity index (χ3v) is 8.22. The van der Waals surface area contributed by atoms with Crippen LogP contribution >= 0.6 is 0 Å². The van der Waals surface area contributed by atoms with E-state index >= 15 is 0 Å². The number of nitrogens with one attached hydrogen (secondary N) is 2. The third-order valence-electron chi connectivity index (χ3n) is 8.22. The molecule has 1 aliphatic rings. The lowest BCUT2D eigenvalue weighted by Gasteiger charge is -2.36. The highest BCUT2D eigenvalue weighted by molar-refractivity contribution is 6.20. The molecule has 1 saturated carbocycles. The second kappa shape index (κ2) is 16.3. The van der Waals surface area contributed by atoms with E-state index in [4.69, 9.17) is 19.6 Å². The number of carbonyl (C=O) groups is 5. The fraction of sp³-hybridized carbons (Fsp3) is 0.368. The molecule has 4 rings (SSSR count). The van der Waals surface area contributed by atoms with Crippen molar-refractivity contribution < 1.29 is 53.5 Å². The maximum Gasteiger partial charge on any atom is 0.339 e. The molecule has 5 N–H and O–H groups in total. The first-order valence-corrected chi connectivity index (χ1v) is 16.6. The number of esters is 3. The summed E-state index contributed by atoms with van der Waals surface area (Å²) in [6, 6.07) is 10.6. The molecule has 51 heavy (non-hydrogen) atoms. The predicted molar refractivity (Wildman–Crippen MR) is 184 cm³/mol. The van der Waals surface area contributed by atoms with Gasteiger partial charge in [0.2, 0.25) is 5.78 Å². The molecular formula is C38H42N2O11. The van der Waals surface area contributed by atoms with Gasteiger partial charge >= 0.3 is 17.9 Å². The molecule has 13 nitrogen and oxygen atoms in total. The number of phenols is 3. The Hall–Kier alpha value is -5.72. The first kappa shape index (κ1) is 38.1. The van der Waals surface area contributed by atoms with E-state index in [1.54, 1.807) is 20.8 Å². The van der Waals surface area contributed by atoms with Crippen molar-refractivity contribution in [3.8, 4) is 17.2 Å². The van der Waals surface area contributed by atoms with Gasteiger partial charge in [0, 0.05) is 17.3 Å². The van der Waals surface area contributed by atoms with E-state index in [0.717, 1.165) is 24.8 Å². The van der Waals surface area contributed by atoms with Gasteiger partial charge in [0.25, 0.3) is 5.91 Å². The van der Waals surface area contributed by atoms with Crippen molar-refractivity contribution in [3.63, 3.8) is 0 Å². The van der Waals surface area contributed by atoms with Crippen LogP contribution in [-0.2, 0) is 19.0 Å². The van der Waals surface area contributed by atoms with Crippen molar-refractivity contribution in [2.45, 2.75) is 77.5 Å². The van der Waals surface area contributed by atoms with Crippen molar-refractivity contribution in [2.75, 3.05) is 6.61 Å². The lowest BCUT2D eigenvalue weighted by molar-refractivity contribution is -0.162. The van der Waals surface area contributed by atoms with Crippen LogP contribution in [0.3, 0.4) is 0 Å². The van der Waals surface area contributed by atoms with Crippen LogP contribution in [0.1, 0.15) is 112 Å². The molecule has 0 bridgehead atoms. The molecule has 0 aromatic heterocycles. The number of benzene rings is 3. The first-order valence-electron chi connectivity index (χ1n) is 16.6. The molecular weight excluding hydrogens is 660 g/mol. The summed E-state index contributed by atoms with van der Waals surface area (Å²) in [5.41, 5.74) is -2.07. The van der Waals surface area contributed by atoms with Gasteiger partial charge in [-0.3, -0.25) is 14.4 Å². The van der Waals surface area contributed by atoms with Gasteiger partial charge in [0.15, 0.2) is 0 Å². The second-order valence-corrected chi connectivity index (χ2v) is 13.2. The smallest absolute Gasteiger partial charge is 0.339 e. The minimum Gasteiger partial charge on any atom is -0.508 e. The van der Waals surface area contributed by atoms with Gasteiger partial charge in [-0.05, 0) is 95.0 Å². The Kier molecular flexibility index (Phi) is 12.2. The summed E-state index contributed by atoms with van der Waals surface area (Å²) in [5, 5.41) is 42.0. The number of rotatable bonds is 12. The van der Waals surface area contributed by atoms with Crippen molar-refractivity contribution in [3.05, 3.63) is 88.0 Å². The number of aromatic hydroxyl groups is 3. The molecule has 0 saturated heterocycles. The average molecular weight is 703 g/mol. The Morgan fingerprint density at radius 1 is 0.902 bits per heavy atom. The van der Waals surface area contributed by atoms with Crippen molar-refractivity contribution in [2.24, 2.45) is 5.92 Å². The molecule has 1 aliphatic carbocycles. The Morgan fingerprint density at radius 3 is 2.25 bits per heavy atom. The molecule has 0 spiro atoms. The topological polar surface area (TPSA) is 210 Å². The normalized spacial score (nSPS) is 17.1. The summed E-state index contributed by atoms with van der Waals surface area (Å²) in [5.74, 6) is -5.68. The monoisotopic (exact) mass is 702 g/mol. The Balaban J connectivity index is 1.60. The van der Waals surface area contributed by atoms with Gasteiger partial charge in [0.1, 0.15) is 29.0 Å². The molecule has 3 atom stereocenters. The van der Waals surface area contributed by atoms with Gasteiger partial charge in [0.05, 0.1) is 40.8 Å². The number of ether oxygens (including phenoxy) is 3. The zero-order valence-corrected chi connectivity index (χ0v) is 28.9. The molecule has 0 unspecified atom stereocenters. The van der Waals surface area contributed by atoms with Crippen LogP contribution in [-0.4, -0.2) is 75.5 Å². The highest BCUT2D eigenvalue weighted by Crippen LogP contribution is 2.33. The number of hydrogen-bond donors (Lipinski definition) is 5. The van der Waals surface area contributed by atoms with Crippen LogP contribution in [0.5, 0.6) is 17.2 Å². The molecule has 3 aromatic rings. The molecule has 1 amide bonds. The predicted octanol–water partition coefficient (Wildman–Crippen LogP) is 5.45. The van der Waals surface area contributed by atoms with Crippen LogP contribution in [0.4, 0.5) is 0 Å². The number of hydrogen-bond acceptors (Lipinski definition) is 12. The van der Waals surface area contributed by atoms with Crippen molar-refractivity contribution in [1.29, 1.82) is 5.41 Å². The van der Waals surface area contributed by atoms with Crippen LogP contribution in [0.15, 0.2) is 54.6 Å². The summed E-state index contributed by atoms with van der Waals surface area (Å²) in [7, 11) is 0. The number of amides is 1. The quantitative estimate of drug-likeness (QED) is 0.0526. The maximum atomic E-state index is 13.7.